The van der Waals surface area contributed by atoms with Crippen LogP contribution in [0.3, 0.4) is 0 Å². The van der Waals surface area contributed by atoms with Gasteiger partial charge in [0.15, 0.2) is 0 Å². The summed E-state index contributed by atoms with van der Waals surface area (Å²) in [5.74, 6) is 0.104. The molecule has 0 radical (unpaired) electrons. The Kier molecular flexibility index (Phi) is 6.11. The van der Waals surface area contributed by atoms with E-state index in [4.69, 9.17) is 5.73 Å². The lowest BCUT2D eigenvalue weighted by Crippen LogP contribution is -2.36. The van der Waals surface area contributed by atoms with Crippen LogP contribution in [0.5, 0.6) is 0 Å². The van der Waals surface area contributed by atoms with Crippen molar-refractivity contribution in [2.24, 2.45) is 5.73 Å². The van der Waals surface area contributed by atoms with Gasteiger partial charge >= 0.3 is 0 Å². The summed E-state index contributed by atoms with van der Waals surface area (Å²) in [5, 5.41) is 0. The van der Waals surface area contributed by atoms with Crippen LogP contribution in [0.2, 0.25) is 0 Å². The molecular formula is C8H17ClN2O. The van der Waals surface area contributed by atoms with Crippen molar-refractivity contribution in [3.8, 4) is 0 Å². The number of carbonyl (C=O) groups is 1. The topological polar surface area (TPSA) is 46.3 Å². The Morgan fingerprint density at radius 1 is 1.17 bits per heavy atom. The van der Waals surface area contributed by atoms with Crippen molar-refractivity contribution in [1.82, 2.24) is 4.90 Å². The second kappa shape index (κ2) is 6.26. The molecule has 1 amide bonds. The molecule has 1 aliphatic rings. The van der Waals surface area contributed by atoms with E-state index in [0.29, 0.717) is 0 Å². The largest absolute Gasteiger partial charge is 0.342 e. The fourth-order valence-corrected chi connectivity index (χ4v) is 1.45. The average Bonchev–Trinajstić information content (AvgIpc) is 2.30. The third-order valence-corrected chi connectivity index (χ3v) is 2.13. The zero-order chi connectivity index (χ0) is 8.10. The Bertz CT molecular complexity index is 133. The van der Waals surface area contributed by atoms with Crippen molar-refractivity contribution in [2.45, 2.75) is 25.7 Å². The van der Waals surface area contributed by atoms with E-state index in [1.807, 2.05) is 4.90 Å². The number of nitrogens with two attached hydrogens (primary N) is 1. The molecule has 0 saturated carbocycles. The zero-order valence-corrected chi connectivity index (χ0v) is 8.11. The molecule has 3 nitrogen and oxygen atoms in total. The van der Waals surface area contributed by atoms with Crippen molar-refractivity contribution >= 4 is 18.3 Å². The normalized spacial score (nSPS) is 17.9. The second-order valence-electron chi connectivity index (χ2n) is 3.00. The first-order valence-corrected chi connectivity index (χ1v) is 4.32. The minimum atomic E-state index is 0. The number of likely N-dealkylation sites (tertiary alicyclic amines) is 1. The number of rotatable bonds is 1. The summed E-state index contributed by atoms with van der Waals surface area (Å²) >= 11 is 0. The Labute approximate surface area is 79.7 Å². The Morgan fingerprint density at radius 3 is 2.08 bits per heavy atom. The fourth-order valence-electron chi connectivity index (χ4n) is 1.45. The number of amides is 1. The van der Waals surface area contributed by atoms with Crippen LogP contribution in [0.1, 0.15) is 25.7 Å². The van der Waals surface area contributed by atoms with Gasteiger partial charge in [-0.05, 0) is 12.8 Å². The lowest BCUT2D eigenvalue weighted by Gasteiger charge is -2.18. The predicted octanol–water partition coefficient (Wildman–Crippen LogP) is 0.769. The summed E-state index contributed by atoms with van der Waals surface area (Å²) in [5.41, 5.74) is 5.26. The van der Waals surface area contributed by atoms with Gasteiger partial charge in [0.25, 0.3) is 0 Å². The molecule has 72 valence electrons. The van der Waals surface area contributed by atoms with Gasteiger partial charge in [0, 0.05) is 13.1 Å². The van der Waals surface area contributed by atoms with Crippen LogP contribution in [0.15, 0.2) is 0 Å². The molecule has 0 bridgehead atoms. The molecular weight excluding hydrogens is 176 g/mol. The third kappa shape index (κ3) is 3.41. The van der Waals surface area contributed by atoms with Crippen LogP contribution >= 0.6 is 12.4 Å². The molecule has 0 aromatic rings. The van der Waals surface area contributed by atoms with Gasteiger partial charge in [-0.15, -0.1) is 12.4 Å². The number of halogens is 1. The Morgan fingerprint density at radius 2 is 1.67 bits per heavy atom. The lowest BCUT2D eigenvalue weighted by atomic mass is 10.2. The molecule has 0 unspecified atom stereocenters. The summed E-state index contributed by atoms with van der Waals surface area (Å²) in [4.78, 5) is 13.0. The minimum Gasteiger partial charge on any atom is -0.342 e. The minimum absolute atomic E-state index is 0. The van der Waals surface area contributed by atoms with Gasteiger partial charge in [-0.1, -0.05) is 12.8 Å². The highest BCUT2D eigenvalue weighted by atomic mass is 35.5. The van der Waals surface area contributed by atoms with E-state index in [9.17, 15) is 4.79 Å². The molecule has 1 fully saturated rings. The summed E-state index contributed by atoms with van der Waals surface area (Å²) in [6.07, 6.45) is 4.81. The van der Waals surface area contributed by atoms with Gasteiger partial charge in [0.2, 0.25) is 5.91 Å². The smallest absolute Gasteiger partial charge is 0.236 e. The van der Waals surface area contributed by atoms with Crippen LogP contribution < -0.4 is 5.73 Å². The lowest BCUT2D eigenvalue weighted by molar-refractivity contribution is -0.129. The van der Waals surface area contributed by atoms with Crippen LogP contribution in [0.25, 0.3) is 0 Å². The average molecular weight is 193 g/mol. The Balaban J connectivity index is 0.00000121. The third-order valence-electron chi connectivity index (χ3n) is 2.13. The van der Waals surface area contributed by atoms with E-state index in [2.05, 4.69) is 0 Å². The van der Waals surface area contributed by atoms with Crippen LogP contribution in [0.4, 0.5) is 0 Å². The van der Waals surface area contributed by atoms with E-state index >= 15 is 0 Å². The number of hydrogen-bond donors (Lipinski definition) is 1. The van der Waals surface area contributed by atoms with Crippen molar-refractivity contribution in [3.05, 3.63) is 0 Å². The van der Waals surface area contributed by atoms with Crippen LogP contribution in [-0.2, 0) is 4.79 Å². The van der Waals surface area contributed by atoms with E-state index in [-0.39, 0.29) is 24.9 Å². The number of carbonyl (C=O) groups excluding carboxylic acids is 1. The van der Waals surface area contributed by atoms with E-state index < -0.39 is 0 Å². The van der Waals surface area contributed by atoms with Gasteiger partial charge in [-0.25, -0.2) is 0 Å². The molecule has 0 aliphatic carbocycles. The molecule has 1 saturated heterocycles. The summed E-state index contributed by atoms with van der Waals surface area (Å²) in [6.45, 7) is 1.99. The molecule has 12 heavy (non-hydrogen) atoms. The molecule has 0 aromatic carbocycles. The van der Waals surface area contributed by atoms with Crippen molar-refractivity contribution in [3.63, 3.8) is 0 Å². The van der Waals surface area contributed by atoms with Crippen molar-refractivity contribution in [2.75, 3.05) is 19.6 Å². The molecule has 1 aliphatic heterocycles. The van der Waals surface area contributed by atoms with E-state index in [0.717, 1.165) is 25.9 Å². The first kappa shape index (κ1) is 11.7. The first-order valence-electron chi connectivity index (χ1n) is 4.32. The van der Waals surface area contributed by atoms with E-state index in [1.165, 1.54) is 12.8 Å². The fraction of sp³-hybridized carbons (Fsp3) is 0.875. The summed E-state index contributed by atoms with van der Waals surface area (Å²) in [6, 6.07) is 0. The van der Waals surface area contributed by atoms with Gasteiger partial charge in [0.05, 0.1) is 6.54 Å². The highest BCUT2D eigenvalue weighted by molar-refractivity contribution is 5.85. The Hall–Kier alpha value is -0.280. The SMILES string of the molecule is Cl.NCC(=O)N1CCCCCC1. The van der Waals surface area contributed by atoms with E-state index in [1.54, 1.807) is 0 Å². The maximum Gasteiger partial charge on any atom is 0.236 e. The highest BCUT2D eigenvalue weighted by Gasteiger charge is 2.12. The molecule has 0 aromatic heterocycles. The standard InChI is InChI=1S/C8H16N2O.ClH/c9-7-8(11)10-5-3-1-2-4-6-10;/h1-7,9H2;1H. The summed E-state index contributed by atoms with van der Waals surface area (Å²) < 4.78 is 0. The highest BCUT2D eigenvalue weighted by Crippen LogP contribution is 2.08. The zero-order valence-electron chi connectivity index (χ0n) is 7.29. The van der Waals surface area contributed by atoms with Crippen LogP contribution in [-0.4, -0.2) is 30.4 Å². The first-order chi connectivity index (χ1) is 5.34. The van der Waals surface area contributed by atoms with Gasteiger partial charge in [-0.2, -0.15) is 0 Å². The monoisotopic (exact) mass is 192 g/mol. The number of nitrogens with zero attached hydrogens (tertiary/aromatic N) is 1. The molecule has 4 heteroatoms. The maximum absolute atomic E-state index is 11.1. The van der Waals surface area contributed by atoms with Crippen LogP contribution in [0, 0.1) is 0 Å². The van der Waals surface area contributed by atoms with Crippen molar-refractivity contribution in [1.29, 1.82) is 0 Å². The molecule has 2 N–H and O–H groups in total. The molecule has 1 rings (SSSR count). The maximum atomic E-state index is 11.1. The van der Waals surface area contributed by atoms with Gasteiger partial charge in [-0.3, -0.25) is 4.79 Å². The number of hydrogen-bond acceptors (Lipinski definition) is 2. The predicted molar refractivity (Wildman–Crippen MR) is 51.4 cm³/mol. The summed E-state index contributed by atoms with van der Waals surface area (Å²) in [7, 11) is 0. The van der Waals surface area contributed by atoms with Gasteiger partial charge in [0.1, 0.15) is 0 Å². The molecule has 0 spiro atoms. The van der Waals surface area contributed by atoms with Gasteiger partial charge < -0.3 is 10.6 Å². The molecule has 1 heterocycles. The van der Waals surface area contributed by atoms with Crippen molar-refractivity contribution < 1.29 is 4.79 Å². The second-order valence-corrected chi connectivity index (χ2v) is 3.00. The quantitative estimate of drug-likeness (QED) is 0.667. The molecule has 0 atom stereocenters.